The second-order valence-electron chi connectivity index (χ2n) is 11.9. The summed E-state index contributed by atoms with van der Waals surface area (Å²) >= 11 is 0. The number of aromatic nitrogens is 2. The number of rotatable bonds is 5. The zero-order valence-corrected chi connectivity index (χ0v) is 23.1. The van der Waals surface area contributed by atoms with Gasteiger partial charge in [0.2, 0.25) is 5.91 Å². The van der Waals surface area contributed by atoms with E-state index in [-0.39, 0.29) is 29.8 Å². The first-order valence-corrected chi connectivity index (χ1v) is 14.4. The Hall–Kier alpha value is -3.26. The first-order valence-electron chi connectivity index (χ1n) is 14.4. The molecule has 3 aliphatic heterocycles. The number of halogens is 1. The lowest BCUT2D eigenvalue weighted by Gasteiger charge is -2.45. The number of amides is 2. The Bertz CT molecular complexity index is 1380. The molecule has 0 spiro atoms. The van der Waals surface area contributed by atoms with Crippen molar-refractivity contribution in [3.63, 3.8) is 0 Å². The highest BCUT2D eigenvalue weighted by Gasteiger charge is 2.41. The van der Waals surface area contributed by atoms with E-state index >= 15 is 0 Å². The van der Waals surface area contributed by atoms with Gasteiger partial charge in [-0.15, -0.1) is 0 Å². The second-order valence-corrected chi connectivity index (χ2v) is 11.9. The maximum atomic E-state index is 14.4. The number of pyridine rings is 1. The molecule has 0 radical (unpaired) electrons. The molecule has 1 saturated carbocycles. The van der Waals surface area contributed by atoms with Gasteiger partial charge in [-0.2, -0.15) is 0 Å². The van der Waals surface area contributed by atoms with E-state index in [9.17, 15) is 14.0 Å². The summed E-state index contributed by atoms with van der Waals surface area (Å²) in [6, 6.07) is 6.91. The highest BCUT2D eigenvalue weighted by molar-refractivity contribution is 5.99. The molecule has 1 N–H and O–H groups in total. The second kappa shape index (κ2) is 10.4. The van der Waals surface area contributed by atoms with Gasteiger partial charge in [-0.1, -0.05) is 0 Å². The molecule has 2 aromatic heterocycles. The van der Waals surface area contributed by atoms with Gasteiger partial charge < -0.3 is 19.7 Å². The first kappa shape index (κ1) is 26.0. The standard InChI is InChI=1S/C31H38FN5O2/c1-19(2)35(3)30(38)25-16-22(32)6-9-27(25)37-18-26(24-10-13-33-17-28(24)37)20-11-14-36(15-12-20)31(39)29-21-4-7-23(34-29)8-5-21/h6,9-10,13,16-21,23,29,34H,4-5,7-8,11-12,14-15H2,1-3H3/t21?,23?,29-/m1/s1. The predicted octanol–water partition coefficient (Wildman–Crippen LogP) is 4.88. The number of nitrogens with one attached hydrogen (secondary N) is 1. The highest BCUT2D eigenvalue weighted by atomic mass is 19.1. The van der Waals surface area contributed by atoms with E-state index in [0.29, 0.717) is 23.2 Å². The first-order chi connectivity index (χ1) is 18.8. The zero-order valence-electron chi connectivity index (χ0n) is 23.1. The van der Waals surface area contributed by atoms with Gasteiger partial charge in [-0.05, 0) is 94.0 Å². The van der Waals surface area contributed by atoms with E-state index in [1.165, 1.54) is 43.4 Å². The lowest BCUT2D eigenvalue weighted by atomic mass is 9.75. The summed E-state index contributed by atoms with van der Waals surface area (Å²) in [6.45, 7) is 5.37. The summed E-state index contributed by atoms with van der Waals surface area (Å²) in [7, 11) is 1.74. The monoisotopic (exact) mass is 531 g/mol. The van der Waals surface area contributed by atoms with Gasteiger partial charge in [0.25, 0.3) is 5.91 Å². The molecule has 1 aromatic carbocycles. The van der Waals surface area contributed by atoms with Crippen molar-refractivity contribution in [2.45, 2.75) is 76.4 Å². The van der Waals surface area contributed by atoms with Crippen molar-refractivity contribution >= 4 is 22.7 Å². The molecule has 8 heteroatoms. The minimum absolute atomic E-state index is 0.0135. The Morgan fingerprint density at radius 3 is 2.49 bits per heavy atom. The van der Waals surface area contributed by atoms with E-state index in [4.69, 9.17) is 0 Å². The number of nitrogens with zero attached hydrogens (tertiary/aromatic N) is 4. The van der Waals surface area contributed by atoms with Crippen molar-refractivity contribution in [1.82, 2.24) is 24.7 Å². The van der Waals surface area contributed by atoms with Crippen molar-refractivity contribution in [3.05, 3.63) is 59.8 Å². The Morgan fingerprint density at radius 1 is 1.08 bits per heavy atom. The molecule has 5 heterocycles. The SMILES string of the molecule is CC(C)N(C)C(=O)c1cc(F)ccc1-n1cc(C2CCN(C(=O)[C@@H]3NC4CCC3CC4)CC2)c2ccncc21. The van der Waals surface area contributed by atoms with Crippen LogP contribution in [-0.4, -0.2) is 69.4 Å². The molecule has 39 heavy (non-hydrogen) atoms. The largest absolute Gasteiger partial charge is 0.341 e. The summed E-state index contributed by atoms with van der Waals surface area (Å²) < 4.78 is 16.3. The average Bonchev–Trinajstić information content (AvgIpc) is 3.36. The predicted molar refractivity (Wildman–Crippen MR) is 149 cm³/mol. The van der Waals surface area contributed by atoms with Crippen molar-refractivity contribution in [1.29, 1.82) is 0 Å². The summed E-state index contributed by atoms with van der Waals surface area (Å²) in [4.78, 5) is 34.8. The van der Waals surface area contributed by atoms with E-state index in [2.05, 4.69) is 21.4 Å². The van der Waals surface area contributed by atoms with Crippen LogP contribution < -0.4 is 5.32 Å². The number of hydrogen-bond acceptors (Lipinski definition) is 4. The number of fused-ring (bicyclic) bond motifs is 4. The molecule has 1 atom stereocenters. The van der Waals surface area contributed by atoms with Crippen molar-refractivity contribution in [2.75, 3.05) is 20.1 Å². The molecular weight excluding hydrogens is 493 g/mol. The van der Waals surface area contributed by atoms with Gasteiger partial charge in [0.15, 0.2) is 0 Å². The van der Waals surface area contributed by atoms with Crippen LogP contribution in [0.15, 0.2) is 42.9 Å². The lowest BCUT2D eigenvalue weighted by Crippen LogP contribution is -2.60. The van der Waals surface area contributed by atoms with Crippen LogP contribution in [0.5, 0.6) is 0 Å². The van der Waals surface area contributed by atoms with Crippen LogP contribution in [0.2, 0.25) is 0 Å². The fourth-order valence-corrected chi connectivity index (χ4v) is 6.83. The number of benzene rings is 1. The number of piperidine rings is 3. The molecule has 2 bridgehead atoms. The van der Waals surface area contributed by atoms with Gasteiger partial charge in [-0.25, -0.2) is 4.39 Å². The van der Waals surface area contributed by atoms with Crippen LogP contribution in [0.4, 0.5) is 4.39 Å². The van der Waals surface area contributed by atoms with E-state index in [0.717, 1.165) is 36.8 Å². The van der Waals surface area contributed by atoms with Crippen LogP contribution in [0.1, 0.15) is 74.2 Å². The minimum Gasteiger partial charge on any atom is -0.341 e. The third-order valence-corrected chi connectivity index (χ3v) is 9.35. The minimum atomic E-state index is -0.438. The molecule has 3 saturated heterocycles. The van der Waals surface area contributed by atoms with E-state index in [1.54, 1.807) is 24.2 Å². The summed E-state index contributed by atoms with van der Waals surface area (Å²) in [5.74, 6) is 0.385. The number of hydrogen-bond donors (Lipinski definition) is 1. The van der Waals surface area contributed by atoms with Crippen LogP contribution in [0.3, 0.4) is 0 Å². The molecule has 1 aliphatic carbocycles. The van der Waals surface area contributed by atoms with Crippen LogP contribution in [0, 0.1) is 11.7 Å². The lowest BCUT2D eigenvalue weighted by molar-refractivity contribution is -0.138. The molecule has 0 unspecified atom stereocenters. The Morgan fingerprint density at radius 2 is 1.82 bits per heavy atom. The van der Waals surface area contributed by atoms with E-state index in [1.807, 2.05) is 30.7 Å². The normalized spacial score (nSPS) is 23.5. The fraction of sp³-hybridized carbons (Fsp3) is 0.516. The number of carbonyl (C=O) groups is 2. The van der Waals surface area contributed by atoms with Crippen LogP contribution in [0.25, 0.3) is 16.6 Å². The molecule has 7 nitrogen and oxygen atoms in total. The van der Waals surface area contributed by atoms with Gasteiger partial charge >= 0.3 is 0 Å². The van der Waals surface area contributed by atoms with Gasteiger partial charge in [-0.3, -0.25) is 14.6 Å². The highest BCUT2D eigenvalue weighted by Crippen LogP contribution is 2.38. The Balaban J connectivity index is 1.27. The molecule has 2 amide bonds. The maximum absolute atomic E-state index is 14.4. The molecule has 4 fully saturated rings. The maximum Gasteiger partial charge on any atom is 0.256 e. The summed E-state index contributed by atoms with van der Waals surface area (Å²) in [6.07, 6.45) is 12.2. The molecular formula is C31H38FN5O2. The van der Waals surface area contributed by atoms with Gasteiger partial charge in [0, 0.05) is 50.0 Å². The average molecular weight is 532 g/mol. The third-order valence-electron chi connectivity index (χ3n) is 9.35. The van der Waals surface area contributed by atoms with Gasteiger partial charge in [0.1, 0.15) is 5.82 Å². The van der Waals surface area contributed by atoms with Crippen LogP contribution in [-0.2, 0) is 4.79 Å². The number of carbonyl (C=O) groups excluding carboxylic acids is 2. The van der Waals surface area contributed by atoms with E-state index < -0.39 is 5.82 Å². The van der Waals surface area contributed by atoms with Crippen LogP contribution >= 0.6 is 0 Å². The topological polar surface area (TPSA) is 70.5 Å². The zero-order chi connectivity index (χ0) is 27.3. The van der Waals surface area contributed by atoms with Crippen molar-refractivity contribution < 1.29 is 14.0 Å². The summed E-state index contributed by atoms with van der Waals surface area (Å²) in [5.41, 5.74) is 3.05. The Labute approximate surface area is 229 Å². The Kier molecular flexibility index (Phi) is 6.91. The van der Waals surface area contributed by atoms with Crippen molar-refractivity contribution in [3.8, 4) is 5.69 Å². The quantitative estimate of drug-likeness (QED) is 0.510. The van der Waals surface area contributed by atoms with Crippen molar-refractivity contribution in [2.24, 2.45) is 5.92 Å². The molecule has 4 aliphatic rings. The smallest absolute Gasteiger partial charge is 0.256 e. The third kappa shape index (κ3) is 4.73. The van der Waals surface area contributed by atoms with Gasteiger partial charge in [0.05, 0.1) is 29.0 Å². The molecule has 3 aromatic rings. The number of likely N-dealkylation sites (tertiary alicyclic amines) is 1. The molecule has 7 rings (SSSR count). The summed E-state index contributed by atoms with van der Waals surface area (Å²) in [5, 5.41) is 4.70. The fourth-order valence-electron chi connectivity index (χ4n) is 6.83. The molecule has 206 valence electrons.